The molecule has 4 atom stereocenters. The number of nitrogens with one attached hydrogen (secondary N) is 3. The normalized spacial score (nSPS) is 18.3. The number of carbonyl (C=O) groups is 3. The summed E-state index contributed by atoms with van der Waals surface area (Å²) in [7, 11) is -5.17. The predicted octanol–water partition coefficient (Wildman–Crippen LogP) is -2.79. The molecule has 2 rings (SSSR count). The van der Waals surface area contributed by atoms with Crippen LogP contribution in [-0.2, 0) is 31.1 Å². The van der Waals surface area contributed by atoms with Gasteiger partial charge in [-0.3, -0.25) is 9.59 Å². The number of aliphatic hydroxyl groups excluding tert-OH is 1. The molecule has 0 aromatic heterocycles. The third-order valence-electron chi connectivity index (χ3n) is 5.20. The van der Waals surface area contributed by atoms with Crippen molar-refractivity contribution in [2.24, 2.45) is 11.8 Å². The standard InChI is InChI=1S/C21H31N3O8S.Na/c1-13(2)10-16(24-21(28)32-12-14-6-4-3-5-7-14)19(26)23-17(20(27)33(29,30)31)11-15-8-9-22-18(15)25;/h3-7,13,15-17,20,27H,8-12H2,1-2H3,(H,22,25)(H,23,26)(H,24,28)(H,29,30,31);/q;+1/p-1/t15-,16-,17-,20?;/m0./s1. The average molecular weight is 508 g/mol. The van der Waals surface area contributed by atoms with Gasteiger partial charge in [0, 0.05) is 12.5 Å². The third-order valence-corrected chi connectivity index (χ3v) is 6.12. The van der Waals surface area contributed by atoms with E-state index in [1.165, 1.54) is 0 Å². The van der Waals surface area contributed by atoms with Crippen LogP contribution in [-0.4, -0.2) is 60.0 Å². The number of carbonyl (C=O) groups excluding carboxylic acids is 3. The third kappa shape index (κ3) is 9.88. The van der Waals surface area contributed by atoms with Crippen LogP contribution in [0.2, 0.25) is 0 Å². The van der Waals surface area contributed by atoms with Gasteiger partial charge >= 0.3 is 35.7 Å². The first-order chi connectivity index (χ1) is 15.5. The molecule has 1 aromatic rings. The molecule has 1 fully saturated rings. The van der Waals surface area contributed by atoms with Crippen LogP contribution in [0.25, 0.3) is 0 Å². The molecular formula is C21H30N3NaO8S. The minimum atomic E-state index is -5.17. The minimum Gasteiger partial charge on any atom is -0.746 e. The molecule has 0 spiro atoms. The number of ether oxygens (including phenoxy) is 1. The van der Waals surface area contributed by atoms with Crippen LogP contribution in [0.1, 0.15) is 38.7 Å². The molecule has 1 heterocycles. The maximum atomic E-state index is 12.9. The van der Waals surface area contributed by atoms with Crippen LogP contribution >= 0.6 is 0 Å². The Bertz CT molecular complexity index is 929. The van der Waals surface area contributed by atoms with Crippen molar-refractivity contribution < 1.29 is 66.8 Å². The van der Waals surface area contributed by atoms with E-state index in [1.54, 1.807) is 24.3 Å². The SMILES string of the molecule is CC(C)C[C@H](NC(=O)OCc1ccccc1)C(=O)N[C@@H](C[C@@H]1CCNC1=O)C(O)S(=O)(=O)[O-].[Na+]. The van der Waals surface area contributed by atoms with E-state index in [4.69, 9.17) is 4.74 Å². The van der Waals surface area contributed by atoms with Crippen molar-refractivity contribution in [3.63, 3.8) is 0 Å². The van der Waals surface area contributed by atoms with Crippen molar-refractivity contribution in [2.75, 3.05) is 6.54 Å². The van der Waals surface area contributed by atoms with Crippen molar-refractivity contribution in [2.45, 2.75) is 57.2 Å². The number of hydrogen-bond donors (Lipinski definition) is 4. The topological polar surface area (TPSA) is 174 Å². The first-order valence-corrected chi connectivity index (χ1v) is 12.1. The second-order valence-corrected chi connectivity index (χ2v) is 9.87. The van der Waals surface area contributed by atoms with Crippen LogP contribution in [0.15, 0.2) is 30.3 Å². The van der Waals surface area contributed by atoms with Gasteiger partial charge in [0.15, 0.2) is 5.44 Å². The first-order valence-electron chi connectivity index (χ1n) is 10.7. The van der Waals surface area contributed by atoms with Crippen molar-refractivity contribution in [3.05, 3.63) is 35.9 Å². The maximum absolute atomic E-state index is 12.9. The molecule has 34 heavy (non-hydrogen) atoms. The van der Waals surface area contributed by atoms with E-state index in [9.17, 15) is 32.5 Å². The zero-order valence-corrected chi connectivity index (χ0v) is 22.3. The summed E-state index contributed by atoms with van der Waals surface area (Å²) in [6.07, 6.45) is -0.546. The summed E-state index contributed by atoms with van der Waals surface area (Å²) in [5, 5.41) is 17.4. The number of aliphatic hydroxyl groups is 1. The van der Waals surface area contributed by atoms with E-state index in [0.717, 1.165) is 5.56 Å². The van der Waals surface area contributed by atoms with Gasteiger partial charge in [-0.2, -0.15) is 0 Å². The number of alkyl carbamates (subject to hydrolysis) is 1. The summed E-state index contributed by atoms with van der Waals surface area (Å²) in [5.74, 6) is -1.86. The van der Waals surface area contributed by atoms with E-state index in [2.05, 4.69) is 16.0 Å². The van der Waals surface area contributed by atoms with E-state index in [1.807, 2.05) is 19.9 Å². The molecule has 184 valence electrons. The molecular weight excluding hydrogens is 477 g/mol. The molecule has 1 aliphatic heterocycles. The fourth-order valence-electron chi connectivity index (χ4n) is 3.52. The van der Waals surface area contributed by atoms with E-state index < -0.39 is 45.6 Å². The van der Waals surface area contributed by atoms with E-state index in [0.29, 0.717) is 13.0 Å². The summed E-state index contributed by atoms with van der Waals surface area (Å²) in [6, 6.07) is 6.27. The molecule has 11 nitrogen and oxygen atoms in total. The molecule has 1 unspecified atom stereocenters. The second-order valence-electron chi connectivity index (χ2n) is 8.40. The molecule has 0 saturated carbocycles. The number of hydrogen-bond acceptors (Lipinski definition) is 8. The maximum Gasteiger partial charge on any atom is 1.00 e. The van der Waals surface area contributed by atoms with Gasteiger partial charge in [-0.05, 0) is 30.7 Å². The van der Waals surface area contributed by atoms with Crippen LogP contribution in [0.5, 0.6) is 0 Å². The molecule has 3 amide bonds. The molecule has 0 radical (unpaired) electrons. The molecule has 1 aromatic carbocycles. The van der Waals surface area contributed by atoms with Gasteiger partial charge < -0.3 is 30.3 Å². The van der Waals surface area contributed by atoms with Gasteiger partial charge in [0.2, 0.25) is 11.8 Å². The zero-order valence-electron chi connectivity index (χ0n) is 19.5. The molecule has 0 aliphatic carbocycles. The van der Waals surface area contributed by atoms with Gasteiger partial charge in [-0.1, -0.05) is 44.2 Å². The second kappa shape index (κ2) is 14.0. The van der Waals surface area contributed by atoms with E-state index in [-0.39, 0.29) is 60.8 Å². The van der Waals surface area contributed by atoms with Crippen LogP contribution in [0, 0.1) is 11.8 Å². The Hall–Kier alpha value is -1.70. The zero-order chi connectivity index (χ0) is 24.6. The molecule has 4 N–H and O–H groups in total. The van der Waals surface area contributed by atoms with Gasteiger partial charge in [0.1, 0.15) is 22.8 Å². The monoisotopic (exact) mass is 507 g/mol. The summed E-state index contributed by atoms with van der Waals surface area (Å²) in [4.78, 5) is 37.0. The Morgan fingerprint density at radius 2 is 1.88 bits per heavy atom. The van der Waals surface area contributed by atoms with Crippen LogP contribution in [0.3, 0.4) is 0 Å². The molecule has 13 heteroatoms. The fraction of sp³-hybridized carbons (Fsp3) is 0.571. The summed E-state index contributed by atoms with van der Waals surface area (Å²) in [5.41, 5.74) is -1.70. The smallest absolute Gasteiger partial charge is 0.746 e. The van der Waals surface area contributed by atoms with Crippen molar-refractivity contribution >= 4 is 28.0 Å². The Morgan fingerprint density at radius 3 is 2.41 bits per heavy atom. The predicted molar refractivity (Wildman–Crippen MR) is 116 cm³/mol. The fourth-order valence-corrected chi connectivity index (χ4v) is 4.10. The van der Waals surface area contributed by atoms with Crippen LogP contribution < -0.4 is 45.5 Å². The Kier molecular flexibility index (Phi) is 12.5. The first kappa shape index (κ1) is 30.3. The van der Waals surface area contributed by atoms with Gasteiger partial charge in [-0.15, -0.1) is 0 Å². The number of rotatable bonds is 11. The van der Waals surface area contributed by atoms with Crippen LogP contribution in [0.4, 0.5) is 4.79 Å². The van der Waals surface area contributed by atoms with Gasteiger partial charge in [0.05, 0.1) is 6.04 Å². The largest absolute Gasteiger partial charge is 1.00 e. The van der Waals surface area contributed by atoms with Crippen molar-refractivity contribution in [1.29, 1.82) is 0 Å². The Labute approximate surface area is 221 Å². The van der Waals surface area contributed by atoms with Crippen molar-refractivity contribution in [1.82, 2.24) is 16.0 Å². The Morgan fingerprint density at radius 1 is 1.24 bits per heavy atom. The Balaban J connectivity index is 0.00000578. The molecule has 0 bridgehead atoms. The minimum absolute atomic E-state index is 0. The quantitative estimate of drug-likeness (QED) is 0.184. The molecule has 1 aliphatic rings. The number of benzene rings is 1. The average Bonchev–Trinajstić information content (AvgIpc) is 3.14. The van der Waals surface area contributed by atoms with E-state index >= 15 is 0 Å². The van der Waals surface area contributed by atoms with Gasteiger partial charge in [-0.25, -0.2) is 13.2 Å². The van der Waals surface area contributed by atoms with Crippen molar-refractivity contribution in [3.8, 4) is 0 Å². The summed E-state index contributed by atoms with van der Waals surface area (Å²) >= 11 is 0. The molecule has 1 saturated heterocycles. The van der Waals surface area contributed by atoms with Gasteiger partial charge in [0.25, 0.3) is 0 Å². The summed E-state index contributed by atoms with van der Waals surface area (Å²) in [6.45, 7) is 3.98. The number of amides is 3. The summed E-state index contributed by atoms with van der Waals surface area (Å²) < 4.78 is 39.4.